The molecule has 0 unspecified atom stereocenters. The van der Waals surface area contributed by atoms with Gasteiger partial charge in [0.1, 0.15) is 0 Å². The molecule has 2 aromatic carbocycles. The maximum absolute atomic E-state index is 12.5. The summed E-state index contributed by atoms with van der Waals surface area (Å²) in [6.45, 7) is 10.1. The lowest BCUT2D eigenvalue weighted by atomic mass is 10.1. The Morgan fingerprint density at radius 3 is 2.67 bits per heavy atom. The molecule has 0 aliphatic heterocycles. The van der Waals surface area contributed by atoms with Crippen molar-refractivity contribution in [2.45, 2.75) is 38.2 Å². The van der Waals surface area contributed by atoms with E-state index in [1.54, 1.807) is 23.6 Å². The Morgan fingerprint density at radius 2 is 1.97 bits per heavy atom. The van der Waals surface area contributed by atoms with Gasteiger partial charge in [0.15, 0.2) is 16.1 Å². The molecular weight excluding hydrogens is 450 g/mol. The monoisotopic (exact) mass is 475 g/mol. The van der Waals surface area contributed by atoms with Crippen LogP contribution in [0.4, 0.5) is 10.8 Å². The van der Waals surface area contributed by atoms with Crippen molar-refractivity contribution in [1.82, 2.24) is 19.7 Å². The Bertz CT molecular complexity index is 1280. The fourth-order valence-electron chi connectivity index (χ4n) is 3.56. The second kappa shape index (κ2) is 10.1. The van der Waals surface area contributed by atoms with E-state index in [4.69, 9.17) is 4.98 Å². The minimum Gasteiger partial charge on any atom is -0.298 e. The number of carbonyl (C=O) groups excluding carboxylic acids is 1. The lowest BCUT2D eigenvalue weighted by Crippen LogP contribution is -2.23. The predicted octanol–water partition coefficient (Wildman–Crippen LogP) is 6.18. The number of aromatic nitrogens is 4. The van der Waals surface area contributed by atoms with Crippen LogP contribution < -0.4 is 4.90 Å². The molecule has 0 radical (unpaired) electrons. The molecule has 0 aliphatic rings. The molecule has 2 aromatic heterocycles. The van der Waals surface area contributed by atoms with Crippen LogP contribution in [0.1, 0.15) is 23.7 Å². The first-order valence-electron chi connectivity index (χ1n) is 10.5. The van der Waals surface area contributed by atoms with Crippen LogP contribution in [0.25, 0.3) is 11.4 Å². The molecule has 0 N–H and O–H groups in total. The summed E-state index contributed by atoms with van der Waals surface area (Å²) in [7, 11) is 0. The fourth-order valence-corrected chi connectivity index (χ4v) is 5.38. The molecule has 6 nitrogen and oxygen atoms in total. The van der Waals surface area contributed by atoms with Crippen LogP contribution in [0, 0.1) is 13.8 Å². The summed E-state index contributed by atoms with van der Waals surface area (Å²) < 4.78 is 2.05. The number of nitrogens with zero attached hydrogens (tertiary/aromatic N) is 5. The Kier molecular flexibility index (Phi) is 7.05. The van der Waals surface area contributed by atoms with E-state index in [9.17, 15) is 4.79 Å². The largest absolute Gasteiger partial charge is 0.298 e. The lowest BCUT2D eigenvalue weighted by Gasteiger charge is -2.20. The SMILES string of the molecule is C=CCn1c(SCc2csc(N(C(C)=O)c3ccc(C)cc3C)n2)nnc1-c1ccccc1. The Morgan fingerprint density at radius 1 is 1.18 bits per heavy atom. The number of anilines is 2. The van der Waals surface area contributed by atoms with E-state index in [-0.39, 0.29) is 5.91 Å². The van der Waals surface area contributed by atoms with Gasteiger partial charge in [-0.25, -0.2) is 4.98 Å². The van der Waals surface area contributed by atoms with Crippen molar-refractivity contribution in [3.05, 3.63) is 83.4 Å². The Labute approximate surface area is 202 Å². The third-order valence-corrected chi connectivity index (χ3v) is 6.92. The summed E-state index contributed by atoms with van der Waals surface area (Å²) in [5, 5.41) is 12.3. The first kappa shape index (κ1) is 22.9. The van der Waals surface area contributed by atoms with Gasteiger partial charge in [0.25, 0.3) is 0 Å². The Balaban J connectivity index is 1.55. The number of carbonyl (C=O) groups is 1. The van der Waals surface area contributed by atoms with Crippen molar-refractivity contribution in [2.24, 2.45) is 0 Å². The highest BCUT2D eigenvalue weighted by molar-refractivity contribution is 7.98. The number of aryl methyl sites for hydroxylation is 2. The predicted molar refractivity (Wildman–Crippen MR) is 136 cm³/mol. The van der Waals surface area contributed by atoms with Crippen molar-refractivity contribution in [3.8, 4) is 11.4 Å². The van der Waals surface area contributed by atoms with Crippen molar-refractivity contribution < 1.29 is 4.79 Å². The molecule has 1 amide bonds. The average molecular weight is 476 g/mol. The molecule has 0 aliphatic carbocycles. The van der Waals surface area contributed by atoms with Gasteiger partial charge in [0, 0.05) is 30.2 Å². The van der Waals surface area contributed by atoms with Crippen molar-refractivity contribution in [3.63, 3.8) is 0 Å². The minimum atomic E-state index is -0.0614. The summed E-state index contributed by atoms with van der Waals surface area (Å²) in [5.74, 6) is 1.38. The molecule has 2 heterocycles. The van der Waals surface area contributed by atoms with E-state index in [0.717, 1.165) is 39.1 Å². The lowest BCUT2D eigenvalue weighted by molar-refractivity contribution is -0.115. The standard InChI is InChI=1S/C25H25N5OS2/c1-5-13-29-23(20-9-7-6-8-10-20)27-28-25(29)33-16-21-15-32-24(26-21)30(19(4)31)22-12-11-17(2)14-18(22)3/h5-12,14-15H,1,13,16H2,2-4H3. The zero-order valence-corrected chi connectivity index (χ0v) is 20.5. The summed E-state index contributed by atoms with van der Waals surface area (Å²) >= 11 is 3.04. The summed E-state index contributed by atoms with van der Waals surface area (Å²) in [6.07, 6.45) is 1.84. The van der Waals surface area contributed by atoms with Gasteiger partial charge in [-0.15, -0.1) is 28.1 Å². The number of thiazole rings is 1. The number of allylic oxidation sites excluding steroid dienone is 1. The quantitative estimate of drug-likeness (QED) is 0.225. The van der Waals surface area contributed by atoms with E-state index in [2.05, 4.69) is 27.4 Å². The van der Waals surface area contributed by atoms with Crippen molar-refractivity contribution in [1.29, 1.82) is 0 Å². The van der Waals surface area contributed by atoms with Crippen LogP contribution in [0.5, 0.6) is 0 Å². The molecular formula is C25H25N5OS2. The van der Waals surface area contributed by atoms with Gasteiger partial charge in [-0.3, -0.25) is 14.3 Å². The van der Waals surface area contributed by atoms with Crippen LogP contribution in [0.3, 0.4) is 0 Å². The van der Waals surface area contributed by atoms with Gasteiger partial charge >= 0.3 is 0 Å². The van der Waals surface area contributed by atoms with Gasteiger partial charge < -0.3 is 0 Å². The molecule has 0 fully saturated rings. The maximum atomic E-state index is 12.5. The average Bonchev–Trinajstić information content (AvgIpc) is 3.42. The fraction of sp³-hybridized carbons (Fsp3) is 0.200. The topological polar surface area (TPSA) is 63.9 Å². The summed E-state index contributed by atoms with van der Waals surface area (Å²) in [4.78, 5) is 18.9. The van der Waals surface area contributed by atoms with E-state index in [1.807, 2.05) is 67.8 Å². The molecule has 168 valence electrons. The first-order valence-corrected chi connectivity index (χ1v) is 12.4. The van der Waals surface area contributed by atoms with Crippen LogP contribution >= 0.6 is 23.1 Å². The minimum absolute atomic E-state index is 0.0614. The number of amides is 1. The zero-order valence-electron chi connectivity index (χ0n) is 18.9. The summed E-state index contributed by atoms with van der Waals surface area (Å²) in [6, 6.07) is 16.1. The first-order chi connectivity index (χ1) is 16.0. The highest BCUT2D eigenvalue weighted by Gasteiger charge is 2.20. The second-order valence-electron chi connectivity index (χ2n) is 7.63. The van der Waals surface area contributed by atoms with Gasteiger partial charge in [-0.2, -0.15) is 0 Å². The molecule has 0 bridgehead atoms. The maximum Gasteiger partial charge on any atom is 0.230 e. The number of hydrogen-bond acceptors (Lipinski definition) is 6. The highest BCUT2D eigenvalue weighted by Crippen LogP contribution is 2.33. The van der Waals surface area contributed by atoms with Crippen LogP contribution in [0.2, 0.25) is 0 Å². The smallest absolute Gasteiger partial charge is 0.230 e. The molecule has 0 saturated carbocycles. The molecule has 8 heteroatoms. The van der Waals surface area contributed by atoms with Crippen molar-refractivity contribution in [2.75, 3.05) is 4.90 Å². The molecule has 0 atom stereocenters. The van der Waals surface area contributed by atoms with Crippen LogP contribution in [-0.2, 0) is 17.1 Å². The molecule has 0 saturated heterocycles. The van der Waals surface area contributed by atoms with E-state index >= 15 is 0 Å². The van der Waals surface area contributed by atoms with E-state index < -0.39 is 0 Å². The number of benzene rings is 2. The van der Waals surface area contributed by atoms with Crippen molar-refractivity contribution >= 4 is 39.8 Å². The zero-order chi connectivity index (χ0) is 23.4. The van der Waals surface area contributed by atoms with Crippen LogP contribution in [-0.4, -0.2) is 25.7 Å². The molecule has 4 aromatic rings. The van der Waals surface area contributed by atoms with Gasteiger partial charge in [0.2, 0.25) is 5.91 Å². The number of rotatable bonds is 8. The number of hydrogen-bond donors (Lipinski definition) is 0. The second-order valence-corrected chi connectivity index (χ2v) is 9.41. The normalized spacial score (nSPS) is 10.9. The third kappa shape index (κ3) is 5.07. The summed E-state index contributed by atoms with van der Waals surface area (Å²) in [5.41, 5.74) is 4.97. The Hall–Kier alpha value is -3.23. The molecule has 0 spiro atoms. The molecule has 33 heavy (non-hydrogen) atoms. The highest BCUT2D eigenvalue weighted by atomic mass is 32.2. The van der Waals surface area contributed by atoms with Gasteiger partial charge in [0.05, 0.1) is 11.4 Å². The third-order valence-electron chi connectivity index (χ3n) is 5.05. The van der Waals surface area contributed by atoms with E-state index in [1.165, 1.54) is 11.3 Å². The van der Waals surface area contributed by atoms with Gasteiger partial charge in [-0.05, 0) is 25.5 Å². The van der Waals surface area contributed by atoms with Gasteiger partial charge in [-0.1, -0.05) is 65.9 Å². The number of thioether (sulfide) groups is 1. The molecule has 4 rings (SSSR count). The van der Waals surface area contributed by atoms with Crippen LogP contribution in [0.15, 0.2) is 71.7 Å². The van der Waals surface area contributed by atoms with E-state index in [0.29, 0.717) is 17.4 Å².